The number of ether oxygens (including phenoxy) is 1. The standard InChI is InChI=1S/C17H20N2O2S/c1-10-6-7-13(9-11(10)2)15-12(3)22-17(18-15)19-16(20)14-5-4-8-21-14/h6-7,9,14H,4-5,8H2,1-3H3,(H,18,19,20)/t14-/m0/s1. The van der Waals surface area contributed by atoms with Gasteiger partial charge >= 0.3 is 0 Å². The van der Waals surface area contributed by atoms with Gasteiger partial charge in [0.05, 0.1) is 5.69 Å². The Kier molecular flexibility index (Phi) is 4.27. The summed E-state index contributed by atoms with van der Waals surface area (Å²) in [5, 5.41) is 3.53. The summed E-state index contributed by atoms with van der Waals surface area (Å²) in [6, 6.07) is 6.33. The summed E-state index contributed by atoms with van der Waals surface area (Å²) in [6.07, 6.45) is 1.41. The topological polar surface area (TPSA) is 51.2 Å². The normalized spacial score (nSPS) is 17.7. The predicted octanol–water partition coefficient (Wildman–Crippen LogP) is 3.85. The maximum atomic E-state index is 12.1. The first kappa shape index (κ1) is 15.2. The number of aryl methyl sites for hydroxylation is 3. The molecule has 2 aromatic rings. The molecule has 3 rings (SSSR count). The van der Waals surface area contributed by atoms with Gasteiger partial charge < -0.3 is 4.74 Å². The van der Waals surface area contributed by atoms with Crippen LogP contribution in [-0.2, 0) is 9.53 Å². The van der Waals surface area contributed by atoms with E-state index in [1.54, 1.807) is 0 Å². The van der Waals surface area contributed by atoms with Crippen LogP contribution in [0.1, 0.15) is 28.8 Å². The van der Waals surface area contributed by atoms with Gasteiger partial charge in [0.15, 0.2) is 5.13 Å². The molecular formula is C17H20N2O2S. The average molecular weight is 316 g/mol. The summed E-state index contributed by atoms with van der Waals surface area (Å²) in [6.45, 7) is 6.90. The fraction of sp³-hybridized carbons (Fsp3) is 0.412. The fourth-order valence-electron chi connectivity index (χ4n) is 2.58. The number of thiazole rings is 1. The van der Waals surface area contributed by atoms with Crippen molar-refractivity contribution in [2.45, 2.75) is 39.7 Å². The first-order valence-corrected chi connectivity index (χ1v) is 8.34. The summed E-state index contributed by atoms with van der Waals surface area (Å²) in [4.78, 5) is 17.8. The lowest BCUT2D eigenvalue weighted by molar-refractivity contribution is -0.124. The van der Waals surface area contributed by atoms with Crippen molar-refractivity contribution in [2.75, 3.05) is 11.9 Å². The fourth-order valence-corrected chi connectivity index (χ4v) is 3.42. The van der Waals surface area contributed by atoms with Crippen molar-refractivity contribution < 1.29 is 9.53 Å². The first-order valence-electron chi connectivity index (χ1n) is 7.52. The van der Waals surface area contributed by atoms with Crippen LogP contribution in [-0.4, -0.2) is 23.6 Å². The Labute approximate surface area is 134 Å². The zero-order chi connectivity index (χ0) is 15.7. The molecule has 1 atom stereocenters. The highest BCUT2D eigenvalue weighted by atomic mass is 32.1. The molecule has 4 nitrogen and oxygen atoms in total. The van der Waals surface area contributed by atoms with Gasteiger partial charge in [-0.25, -0.2) is 4.98 Å². The molecule has 2 heterocycles. The second kappa shape index (κ2) is 6.18. The van der Waals surface area contributed by atoms with Crippen LogP contribution in [0.2, 0.25) is 0 Å². The number of carbonyl (C=O) groups is 1. The van der Waals surface area contributed by atoms with Gasteiger partial charge in [0.1, 0.15) is 6.10 Å². The number of benzene rings is 1. The third-order valence-electron chi connectivity index (χ3n) is 4.03. The van der Waals surface area contributed by atoms with Gasteiger partial charge in [-0.1, -0.05) is 12.1 Å². The van der Waals surface area contributed by atoms with Crippen LogP contribution in [0, 0.1) is 20.8 Å². The van der Waals surface area contributed by atoms with E-state index in [0.29, 0.717) is 11.7 Å². The zero-order valence-electron chi connectivity index (χ0n) is 13.1. The quantitative estimate of drug-likeness (QED) is 0.935. The number of aromatic nitrogens is 1. The maximum absolute atomic E-state index is 12.1. The Balaban J connectivity index is 1.81. The molecule has 1 amide bonds. The summed E-state index contributed by atoms with van der Waals surface area (Å²) < 4.78 is 5.40. The number of carbonyl (C=O) groups excluding carboxylic acids is 1. The lowest BCUT2D eigenvalue weighted by Gasteiger charge is -2.07. The summed E-state index contributed by atoms with van der Waals surface area (Å²) >= 11 is 1.51. The Morgan fingerprint density at radius 2 is 2.14 bits per heavy atom. The van der Waals surface area contributed by atoms with Gasteiger partial charge in [0.2, 0.25) is 0 Å². The van der Waals surface area contributed by atoms with Crippen molar-refractivity contribution in [3.8, 4) is 11.3 Å². The second-order valence-electron chi connectivity index (χ2n) is 5.71. The molecule has 0 spiro atoms. The molecule has 1 aromatic carbocycles. The molecule has 1 saturated heterocycles. The molecule has 1 N–H and O–H groups in total. The Hall–Kier alpha value is -1.72. The molecule has 0 unspecified atom stereocenters. The Morgan fingerprint density at radius 1 is 1.32 bits per heavy atom. The third-order valence-corrected chi connectivity index (χ3v) is 4.92. The molecule has 0 bridgehead atoms. The largest absolute Gasteiger partial charge is 0.368 e. The highest BCUT2D eigenvalue weighted by Gasteiger charge is 2.24. The van der Waals surface area contributed by atoms with Crippen LogP contribution in [0.5, 0.6) is 0 Å². The lowest BCUT2D eigenvalue weighted by atomic mass is 10.0. The van der Waals surface area contributed by atoms with E-state index in [1.807, 2.05) is 6.92 Å². The van der Waals surface area contributed by atoms with Crippen LogP contribution in [0.25, 0.3) is 11.3 Å². The summed E-state index contributed by atoms with van der Waals surface area (Å²) in [7, 11) is 0. The van der Waals surface area contributed by atoms with E-state index in [-0.39, 0.29) is 12.0 Å². The van der Waals surface area contributed by atoms with Crippen LogP contribution in [0.3, 0.4) is 0 Å². The lowest BCUT2D eigenvalue weighted by Crippen LogP contribution is -2.26. The Morgan fingerprint density at radius 3 is 2.82 bits per heavy atom. The van der Waals surface area contributed by atoms with Gasteiger partial charge in [-0.2, -0.15) is 0 Å². The van der Waals surface area contributed by atoms with E-state index in [4.69, 9.17) is 4.74 Å². The number of anilines is 1. The van der Waals surface area contributed by atoms with Gasteiger partial charge in [-0.05, 0) is 50.8 Å². The number of hydrogen-bond donors (Lipinski definition) is 1. The van der Waals surface area contributed by atoms with Gasteiger partial charge in [-0.3, -0.25) is 10.1 Å². The van der Waals surface area contributed by atoms with Crippen LogP contribution in [0.15, 0.2) is 18.2 Å². The molecule has 1 aliphatic heterocycles. The maximum Gasteiger partial charge on any atom is 0.255 e. The van der Waals surface area contributed by atoms with Crippen molar-refractivity contribution in [1.29, 1.82) is 0 Å². The van der Waals surface area contributed by atoms with Crippen molar-refractivity contribution in [3.63, 3.8) is 0 Å². The van der Waals surface area contributed by atoms with Gasteiger partial charge in [-0.15, -0.1) is 11.3 Å². The number of rotatable bonds is 3. The van der Waals surface area contributed by atoms with E-state index in [0.717, 1.165) is 29.0 Å². The Bertz CT molecular complexity index is 703. The molecule has 1 aliphatic rings. The number of hydrogen-bond acceptors (Lipinski definition) is 4. The van der Waals surface area contributed by atoms with E-state index in [1.165, 1.54) is 22.5 Å². The smallest absolute Gasteiger partial charge is 0.255 e. The molecule has 116 valence electrons. The van der Waals surface area contributed by atoms with Crippen LogP contribution < -0.4 is 5.32 Å². The minimum atomic E-state index is -0.325. The van der Waals surface area contributed by atoms with E-state index in [9.17, 15) is 4.79 Å². The van der Waals surface area contributed by atoms with Crippen LogP contribution >= 0.6 is 11.3 Å². The van der Waals surface area contributed by atoms with E-state index in [2.05, 4.69) is 42.3 Å². The van der Waals surface area contributed by atoms with E-state index >= 15 is 0 Å². The number of nitrogens with one attached hydrogen (secondary N) is 1. The summed E-state index contributed by atoms with van der Waals surface area (Å²) in [5.74, 6) is -0.0853. The molecular weight excluding hydrogens is 296 g/mol. The second-order valence-corrected chi connectivity index (χ2v) is 6.92. The van der Waals surface area contributed by atoms with Crippen molar-refractivity contribution in [1.82, 2.24) is 4.98 Å². The van der Waals surface area contributed by atoms with Gasteiger partial charge in [0, 0.05) is 17.0 Å². The molecule has 22 heavy (non-hydrogen) atoms. The third kappa shape index (κ3) is 3.05. The zero-order valence-corrected chi connectivity index (χ0v) is 13.9. The van der Waals surface area contributed by atoms with Crippen molar-refractivity contribution >= 4 is 22.4 Å². The minimum Gasteiger partial charge on any atom is -0.368 e. The predicted molar refractivity (Wildman–Crippen MR) is 89.4 cm³/mol. The van der Waals surface area contributed by atoms with Crippen molar-refractivity contribution in [2.24, 2.45) is 0 Å². The average Bonchev–Trinajstić information content (AvgIpc) is 3.12. The van der Waals surface area contributed by atoms with Crippen LogP contribution in [0.4, 0.5) is 5.13 Å². The van der Waals surface area contributed by atoms with Crippen molar-refractivity contribution in [3.05, 3.63) is 34.2 Å². The molecule has 5 heteroatoms. The highest BCUT2D eigenvalue weighted by molar-refractivity contribution is 7.16. The summed E-state index contributed by atoms with van der Waals surface area (Å²) in [5.41, 5.74) is 4.54. The molecule has 1 fully saturated rings. The monoisotopic (exact) mass is 316 g/mol. The molecule has 0 aliphatic carbocycles. The molecule has 0 radical (unpaired) electrons. The molecule has 1 aromatic heterocycles. The first-order chi connectivity index (χ1) is 10.5. The number of amides is 1. The molecule has 0 saturated carbocycles. The van der Waals surface area contributed by atoms with Gasteiger partial charge in [0.25, 0.3) is 5.91 Å². The SMILES string of the molecule is Cc1ccc(-c2nc(NC(=O)[C@@H]3CCCO3)sc2C)cc1C. The minimum absolute atomic E-state index is 0.0853. The van der Waals surface area contributed by atoms with E-state index < -0.39 is 0 Å². The number of nitrogens with zero attached hydrogens (tertiary/aromatic N) is 1. The highest BCUT2D eigenvalue weighted by Crippen LogP contribution is 2.31.